The average molecular weight is 1170 g/mol. The first-order valence-electron chi connectivity index (χ1n) is 28.0. The molecule has 18 nitrogen and oxygen atoms in total. The van der Waals surface area contributed by atoms with Crippen molar-refractivity contribution in [3.63, 3.8) is 0 Å². The van der Waals surface area contributed by atoms with Crippen LogP contribution in [0.1, 0.15) is 148 Å². The largest absolute Gasteiger partial charge is 0.476 e. The number of aromatic nitrogens is 4. The van der Waals surface area contributed by atoms with Crippen molar-refractivity contribution in [3.8, 4) is 38.7 Å². The lowest BCUT2D eigenvalue weighted by Gasteiger charge is -2.35. The molecule has 8 rings (SSSR count). The number of hydrogen-bond donors (Lipinski definition) is 6. The fraction of sp³-hybridized carbons (Fsp3) is 0.443. The third kappa shape index (κ3) is 16.8. The van der Waals surface area contributed by atoms with Crippen LogP contribution in [-0.2, 0) is 48.6 Å². The number of sulfonamides is 1. The molecule has 0 spiro atoms. The van der Waals surface area contributed by atoms with Gasteiger partial charge in [-0.05, 0) is 104 Å². The van der Waals surface area contributed by atoms with Crippen molar-refractivity contribution >= 4 is 62.3 Å². The van der Waals surface area contributed by atoms with E-state index >= 15 is 0 Å². The van der Waals surface area contributed by atoms with E-state index in [-0.39, 0.29) is 54.2 Å². The van der Waals surface area contributed by atoms with Crippen LogP contribution in [0.3, 0.4) is 0 Å². The summed E-state index contributed by atoms with van der Waals surface area (Å²) in [4.78, 5) is 76.4. The minimum atomic E-state index is -3.87. The molecule has 2 fully saturated rings. The molecule has 0 unspecified atom stereocenters. The highest BCUT2D eigenvalue weighted by molar-refractivity contribution is 7.89. The third-order valence-electron chi connectivity index (χ3n) is 14.7. The lowest BCUT2D eigenvalue weighted by molar-refractivity contribution is -0.144. The highest BCUT2D eigenvalue weighted by Gasteiger charge is 2.44. The molecule has 21 heteroatoms. The Hall–Kier alpha value is -7.09. The van der Waals surface area contributed by atoms with Crippen LogP contribution in [0, 0.1) is 30.1 Å². The van der Waals surface area contributed by atoms with Gasteiger partial charge in [0.2, 0.25) is 38.8 Å². The van der Waals surface area contributed by atoms with Gasteiger partial charge in [0, 0.05) is 73.8 Å². The van der Waals surface area contributed by atoms with E-state index in [1.165, 1.54) is 33.7 Å². The van der Waals surface area contributed by atoms with Gasteiger partial charge >= 0.3 is 5.97 Å². The summed E-state index contributed by atoms with van der Waals surface area (Å²) in [5.41, 5.74) is 9.06. The van der Waals surface area contributed by atoms with E-state index in [9.17, 15) is 42.6 Å². The molecular weight excluding hydrogens is 1100 g/mol. The van der Waals surface area contributed by atoms with E-state index in [0.717, 1.165) is 107 Å². The number of hydrogen-bond acceptors (Lipinski definition) is 13. The minimum Gasteiger partial charge on any atom is -0.476 e. The van der Waals surface area contributed by atoms with Crippen LogP contribution < -0.4 is 21.1 Å². The highest BCUT2D eigenvalue weighted by Crippen LogP contribution is 2.39. The summed E-state index contributed by atoms with van der Waals surface area (Å²) in [6.45, 7) is 8.38. The molecule has 6 aromatic rings. The predicted octanol–water partition coefficient (Wildman–Crippen LogP) is 8.49. The van der Waals surface area contributed by atoms with E-state index in [1.54, 1.807) is 28.2 Å². The highest BCUT2D eigenvalue weighted by atomic mass is 32.2. The summed E-state index contributed by atoms with van der Waals surface area (Å²) in [5.74, 6) is 4.89. The zero-order valence-electron chi connectivity index (χ0n) is 46.9. The van der Waals surface area contributed by atoms with Gasteiger partial charge in [-0.25, -0.2) is 33.0 Å². The number of benzene rings is 3. The summed E-state index contributed by atoms with van der Waals surface area (Å²) in [6.07, 6.45) is 9.26. The Labute approximate surface area is 487 Å². The number of thiazole rings is 2. The Balaban J connectivity index is 0.740. The van der Waals surface area contributed by atoms with Gasteiger partial charge in [0.05, 0.1) is 38.5 Å². The molecule has 3 aromatic heterocycles. The van der Waals surface area contributed by atoms with Crippen molar-refractivity contribution in [2.75, 3.05) is 13.1 Å². The van der Waals surface area contributed by atoms with Crippen molar-refractivity contribution in [1.29, 1.82) is 0 Å². The maximum atomic E-state index is 14.1. The summed E-state index contributed by atoms with van der Waals surface area (Å²) < 4.78 is 25.8. The number of aliphatic hydroxyl groups excluding tert-OH is 1. The number of carbonyl (C=O) groups is 5. The van der Waals surface area contributed by atoms with Crippen LogP contribution in [0.25, 0.3) is 26.8 Å². The predicted molar refractivity (Wildman–Crippen MR) is 316 cm³/mol. The van der Waals surface area contributed by atoms with Gasteiger partial charge in [-0.3, -0.25) is 19.2 Å². The summed E-state index contributed by atoms with van der Waals surface area (Å²) >= 11 is 2.78. The smallest absolute Gasteiger partial charge is 0.355 e. The number of rotatable bonds is 26. The Morgan fingerprint density at radius 1 is 0.866 bits per heavy atom. The molecule has 3 aromatic carbocycles. The quantitative estimate of drug-likeness (QED) is 0.0220. The second kappa shape index (κ2) is 27.8. The maximum absolute atomic E-state index is 14.1. The molecule has 7 N–H and O–H groups in total. The van der Waals surface area contributed by atoms with Crippen LogP contribution in [0.2, 0.25) is 0 Å². The third-order valence-corrected chi connectivity index (χ3v) is 17.5. The normalized spacial score (nSPS) is 15.6. The Bertz CT molecular complexity index is 3400. The fourth-order valence-corrected chi connectivity index (χ4v) is 12.1. The number of nitrogens with zero attached hydrogens (tertiary/aromatic N) is 5. The lowest BCUT2D eigenvalue weighted by Crippen LogP contribution is -2.57. The number of β-amino-alcohol motifs (C(OH)–C–C–N with tert-alkyl or cyclic N) is 1. The molecule has 434 valence electrons. The van der Waals surface area contributed by atoms with Crippen LogP contribution in [-0.4, -0.2) is 104 Å². The Morgan fingerprint density at radius 2 is 1.57 bits per heavy atom. The van der Waals surface area contributed by atoms with Crippen molar-refractivity contribution < 1.29 is 42.6 Å². The first-order chi connectivity index (χ1) is 39.2. The van der Waals surface area contributed by atoms with Crippen molar-refractivity contribution in [2.45, 2.75) is 154 Å². The number of aliphatic hydroxyl groups is 1. The maximum Gasteiger partial charge on any atom is 0.355 e. The number of carboxylic acid groups (broad SMARTS) is 1. The molecule has 1 aliphatic heterocycles. The van der Waals surface area contributed by atoms with Crippen molar-refractivity contribution in [1.82, 2.24) is 40.6 Å². The molecule has 4 heterocycles. The number of likely N-dealkylation sites (tertiary alicyclic amines) is 1. The number of nitrogens with one attached hydrogen (secondary N) is 3. The second-order valence-corrected chi connectivity index (χ2v) is 25.7. The molecule has 1 saturated heterocycles. The minimum absolute atomic E-state index is 0.00173. The summed E-state index contributed by atoms with van der Waals surface area (Å²) in [6, 6.07) is 20.4. The van der Waals surface area contributed by atoms with Gasteiger partial charge in [-0.1, -0.05) is 100 Å². The van der Waals surface area contributed by atoms with Crippen LogP contribution in [0.4, 0.5) is 0 Å². The van der Waals surface area contributed by atoms with E-state index in [4.69, 9.17) is 10.2 Å². The fourth-order valence-electron chi connectivity index (χ4n) is 10.0. The molecule has 0 bridgehead atoms. The molecule has 1 aliphatic carbocycles. The molecule has 2 aliphatic rings. The summed E-state index contributed by atoms with van der Waals surface area (Å²) in [5, 5.41) is 41.6. The number of primary sulfonamides is 1. The number of unbranched alkanes of at least 4 members (excludes halogenated alkanes) is 6. The zero-order chi connectivity index (χ0) is 58.6. The van der Waals surface area contributed by atoms with Gasteiger partial charge in [0.15, 0.2) is 5.69 Å². The van der Waals surface area contributed by atoms with E-state index in [0.29, 0.717) is 49.0 Å². The molecular formula is C61H73N9O9S3. The van der Waals surface area contributed by atoms with E-state index < -0.39 is 45.5 Å². The van der Waals surface area contributed by atoms with Crippen LogP contribution in [0.5, 0.6) is 0 Å². The zero-order valence-corrected chi connectivity index (χ0v) is 49.4. The molecule has 1 saturated carbocycles. The average Bonchev–Trinajstić information content (AvgIpc) is 2.86. The molecule has 82 heavy (non-hydrogen) atoms. The standard InChI is InChI=1S/C61H73N9O9S3/c1-39-55(81-38-65-39)44-26-22-43(23-27-44)35-64-57(74)51-34-46(71)36-69(51)58(75)56(61(2,3)4)67-53(73)19-12-7-5-6-11-18-52(72)63-30-13-9-8-10-15-40-16-14-17-45(31-40)54-48(32-41-24-28-47(29-25-41)82(62,78)79)50(33-42-20-21-42)70(68-54)60-66-49(37-80-60)59(76)77/h14,16-17,22-29,31,37-38,42,46,51,56,71H,5-9,11-13,18-21,30,32-36H2,1-4H3,(H,63,72)(H,64,74)(H,67,73)(H,76,77)(H2,62,78,79)/t46-,51+,56-/m1/s1. The SMILES string of the molecule is Cc1ncsc1-c1ccc(CNC(=O)[C@@H]2C[C@@H](O)CN2C(=O)[C@@H](NC(=O)CCCCCCCC(=O)NCCCCC#Cc2cccc(-c3nn(-c4nc(C(=O)O)cs4)c(CC4CC4)c3Cc3ccc(S(N)(=O)=O)cc3)c2)C(C)(C)C)cc1. The molecule has 3 atom stereocenters. The lowest BCUT2D eigenvalue weighted by atomic mass is 9.85. The molecule has 0 radical (unpaired) electrons. The van der Waals surface area contributed by atoms with Gasteiger partial charge in [-0.15, -0.1) is 22.7 Å². The summed E-state index contributed by atoms with van der Waals surface area (Å²) in [7, 11) is -3.87. The number of aryl methyl sites for hydroxylation is 1. The first-order valence-corrected chi connectivity index (χ1v) is 31.3. The van der Waals surface area contributed by atoms with Crippen LogP contribution in [0.15, 0.2) is 88.6 Å². The number of nitrogens with two attached hydrogens (primary N) is 1. The van der Waals surface area contributed by atoms with Gasteiger partial charge in [-0.2, -0.15) is 5.10 Å². The number of amides is 4. The number of aromatic carboxylic acids is 1. The van der Waals surface area contributed by atoms with Crippen molar-refractivity contribution in [2.24, 2.45) is 16.5 Å². The second-order valence-electron chi connectivity index (χ2n) is 22.4. The van der Waals surface area contributed by atoms with Crippen molar-refractivity contribution in [3.05, 3.63) is 123 Å². The topological polar surface area (TPSA) is 269 Å². The Kier molecular flexibility index (Phi) is 20.7. The first kappa shape index (κ1) is 61.0. The van der Waals surface area contributed by atoms with Gasteiger partial charge in [0.25, 0.3) is 0 Å². The number of carboxylic acids is 1. The molecule has 4 amide bonds. The van der Waals surface area contributed by atoms with Gasteiger partial charge in [0.1, 0.15) is 12.1 Å². The number of carbonyl (C=O) groups excluding carboxylic acids is 4. The van der Waals surface area contributed by atoms with Gasteiger partial charge < -0.3 is 31.1 Å². The Morgan fingerprint density at radius 3 is 2.23 bits per heavy atom. The van der Waals surface area contributed by atoms with E-state index in [1.807, 2.05) is 81.7 Å². The monoisotopic (exact) mass is 1170 g/mol. The van der Waals surface area contributed by atoms with E-state index in [2.05, 4.69) is 37.8 Å². The van der Waals surface area contributed by atoms with Crippen LogP contribution >= 0.6 is 22.7 Å².